The summed E-state index contributed by atoms with van der Waals surface area (Å²) in [5.74, 6) is -0.789. The molecule has 0 spiro atoms. The van der Waals surface area contributed by atoms with E-state index in [1.54, 1.807) is 41.4 Å². The maximum Gasteiger partial charge on any atom is 0.274 e. The number of benzene rings is 3. The Kier molecular flexibility index (Phi) is 5.94. The molecule has 0 aromatic heterocycles. The Labute approximate surface area is 199 Å². The number of carbonyl (C=O) groups excluding carboxylic acids is 1. The van der Waals surface area contributed by atoms with Gasteiger partial charge in [-0.05, 0) is 84.5 Å². The van der Waals surface area contributed by atoms with Crippen LogP contribution in [0.5, 0.6) is 0 Å². The molecule has 0 bridgehead atoms. The number of carbonyl (C=O) groups is 1. The number of allylic oxidation sites excluding steroid dienone is 1. The summed E-state index contributed by atoms with van der Waals surface area (Å²) in [6, 6.07) is 19.6. The minimum absolute atomic E-state index is 0.00649. The molecule has 33 heavy (non-hydrogen) atoms. The summed E-state index contributed by atoms with van der Waals surface area (Å²) in [5.41, 5.74) is 4.21. The van der Waals surface area contributed by atoms with Crippen molar-refractivity contribution < 1.29 is 13.6 Å². The first-order valence-electron chi connectivity index (χ1n) is 10.9. The lowest BCUT2D eigenvalue weighted by atomic mass is 9.77. The predicted octanol–water partition coefficient (Wildman–Crippen LogP) is 7.16. The molecule has 3 aromatic rings. The van der Waals surface area contributed by atoms with Crippen LogP contribution >= 0.6 is 15.9 Å². The third kappa shape index (κ3) is 4.40. The normalized spacial score (nSPS) is 21.1. The van der Waals surface area contributed by atoms with E-state index in [4.69, 9.17) is 5.10 Å². The maximum absolute atomic E-state index is 13.7. The topological polar surface area (TPSA) is 32.7 Å². The zero-order valence-corrected chi connectivity index (χ0v) is 19.3. The van der Waals surface area contributed by atoms with E-state index in [1.165, 1.54) is 24.3 Å². The number of fused-ring (bicyclic) bond motifs is 1. The molecule has 2 unspecified atom stereocenters. The fraction of sp³-hybridized carbons (Fsp3) is 0.185. The maximum atomic E-state index is 13.7. The van der Waals surface area contributed by atoms with Crippen molar-refractivity contribution in [3.8, 4) is 0 Å². The van der Waals surface area contributed by atoms with E-state index in [0.29, 0.717) is 5.56 Å². The summed E-state index contributed by atoms with van der Waals surface area (Å²) in [6.07, 6.45) is 4.69. The Morgan fingerprint density at radius 1 is 1.00 bits per heavy atom. The Balaban J connectivity index is 1.58. The molecular weight excluding hydrogens is 486 g/mol. The second-order valence-electron chi connectivity index (χ2n) is 8.36. The van der Waals surface area contributed by atoms with Gasteiger partial charge in [-0.15, -0.1) is 0 Å². The Morgan fingerprint density at radius 3 is 2.39 bits per heavy atom. The molecule has 2 atom stereocenters. The third-order valence-corrected chi connectivity index (χ3v) is 6.70. The van der Waals surface area contributed by atoms with Crippen LogP contribution in [0.1, 0.15) is 46.8 Å². The minimum atomic E-state index is -0.316. The molecule has 1 aliphatic carbocycles. The van der Waals surface area contributed by atoms with Gasteiger partial charge in [-0.1, -0.05) is 46.3 Å². The van der Waals surface area contributed by atoms with Crippen molar-refractivity contribution in [2.24, 2.45) is 11.0 Å². The predicted molar refractivity (Wildman–Crippen MR) is 129 cm³/mol. The van der Waals surface area contributed by atoms with E-state index >= 15 is 0 Å². The van der Waals surface area contributed by atoms with Crippen LogP contribution < -0.4 is 0 Å². The molecule has 5 rings (SSSR count). The summed E-state index contributed by atoms with van der Waals surface area (Å²) in [5, 5.41) is 6.39. The number of amides is 1. The van der Waals surface area contributed by atoms with Crippen molar-refractivity contribution in [1.29, 1.82) is 0 Å². The van der Waals surface area contributed by atoms with Crippen LogP contribution in [0.4, 0.5) is 8.78 Å². The molecule has 1 saturated carbocycles. The molecule has 1 heterocycles. The highest BCUT2D eigenvalue weighted by molar-refractivity contribution is 9.10. The van der Waals surface area contributed by atoms with Crippen LogP contribution in [0.15, 0.2) is 87.9 Å². The Bertz CT molecular complexity index is 1250. The third-order valence-electron chi connectivity index (χ3n) is 6.20. The van der Waals surface area contributed by atoms with E-state index in [9.17, 15) is 13.6 Å². The number of hydrazone groups is 1. The summed E-state index contributed by atoms with van der Waals surface area (Å²) in [7, 11) is 0. The number of halogens is 3. The van der Waals surface area contributed by atoms with Gasteiger partial charge in [0, 0.05) is 16.0 Å². The Morgan fingerprint density at radius 2 is 1.70 bits per heavy atom. The number of nitrogens with zero attached hydrogens (tertiary/aromatic N) is 2. The van der Waals surface area contributed by atoms with Gasteiger partial charge in [-0.3, -0.25) is 4.79 Å². The van der Waals surface area contributed by atoms with Gasteiger partial charge in [0.15, 0.2) is 0 Å². The highest BCUT2D eigenvalue weighted by Crippen LogP contribution is 2.45. The Hall–Kier alpha value is -3.12. The lowest BCUT2D eigenvalue weighted by Gasteiger charge is -2.29. The van der Waals surface area contributed by atoms with Crippen LogP contribution in [0, 0.1) is 17.6 Å². The largest absolute Gasteiger partial charge is 0.274 e. The highest BCUT2D eigenvalue weighted by Gasteiger charge is 2.43. The molecule has 1 fully saturated rings. The van der Waals surface area contributed by atoms with Crippen molar-refractivity contribution in [1.82, 2.24) is 5.01 Å². The molecule has 0 saturated heterocycles. The molecule has 3 nitrogen and oxygen atoms in total. The zero-order chi connectivity index (χ0) is 22.9. The smallest absolute Gasteiger partial charge is 0.267 e. The van der Waals surface area contributed by atoms with E-state index in [1.807, 2.05) is 18.2 Å². The van der Waals surface area contributed by atoms with Gasteiger partial charge in [0.05, 0.1) is 11.8 Å². The first-order chi connectivity index (χ1) is 16.0. The van der Waals surface area contributed by atoms with Crippen molar-refractivity contribution in [3.63, 3.8) is 0 Å². The second kappa shape index (κ2) is 9.02. The number of hydrogen-bond acceptors (Lipinski definition) is 2. The van der Waals surface area contributed by atoms with Crippen molar-refractivity contribution >= 4 is 33.6 Å². The minimum Gasteiger partial charge on any atom is -0.267 e. The standard InChI is InChI=1S/C27H21BrF2N2O/c28-21-5-1-4-20(16-21)27(33)32-26(18-9-13-23(30)14-10-18)24-6-2-3-19(25(24)31-32)15-17-7-11-22(29)12-8-17/h1,4-5,7-16,24,26H,2-3,6H2/b19-15+. The zero-order valence-electron chi connectivity index (χ0n) is 17.7. The molecule has 1 aliphatic heterocycles. The summed E-state index contributed by atoms with van der Waals surface area (Å²) >= 11 is 3.44. The lowest BCUT2D eigenvalue weighted by Crippen LogP contribution is -2.31. The molecular formula is C27H21BrF2N2O. The van der Waals surface area contributed by atoms with Gasteiger partial charge < -0.3 is 0 Å². The molecule has 0 radical (unpaired) electrons. The molecule has 3 aromatic carbocycles. The van der Waals surface area contributed by atoms with Crippen molar-refractivity contribution in [2.45, 2.75) is 25.3 Å². The van der Waals surface area contributed by atoms with E-state index in [0.717, 1.165) is 46.1 Å². The average Bonchev–Trinajstić information content (AvgIpc) is 3.21. The molecule has 6 heteroatoms. The fourth-order valence-electron chi connectivity index (χ4n) is 4.68. The van der Waals surface area contributed by atoms with E-state index in [-0.39, 0.29) is 29.5 Å². The van der Waals surface area contributed by atoms with Gasteiger partial charge in [0.2, 0.25) is 0 Å². The van der Waals surface area contributed by atoms with Crippen LogP contribution in [-0.4, -0.2) is 16.6 Å². The fourth-order valence-corrected chi connectivity index (χ4v) is 5.07. The quantitative estimate of drug-likeness (QED) is 0.370. The molecule has 166 valence electrons. The summed E-state index contributed by atoms with van der Waals surface area (Å²) < 4.78 is 27.8. The van der Waals surface area contributed by atoms with Crippen LogP contribution in [0.2, 0.25) is 0 Å². The summed E-state index contributed by atoms with van der Waals surface area (Å²) in [4.78, 5) is 13.6. The van der Waals surface area contributed by atoms with Gasteiger partial charge in [-0.25, -0.2) is 13.8 Å². The first kappa shape index (κ1) is 21.7. The first-order valence-corrected chi connectivity index (χ1v) is 11.7. The summed E-state index contributed by atoms with van der Waals surface area (Å²) in [6.45, 7) is 0. The monoisotopic (exact) mass is 506 g/mol. The van der Waals surface area contributed by atoms with Gasteiger partial charge in [0.1, 0.15) is 11.6 Å². The van der Waals surface area contributed by atoms with Gasteiger partial charge >= 0.3 is 0 Å². The molecule has 1 amide bonds. The molecule has 2 aliphatic rings. The van der Waals surface area contributed by atoms with Crippen molar-refractivity contribution in [2.75, 3.05) is 0 Å². The van der Waals surface area contributed by atoms with Crippen LogP contribution in [0.25, 0.3) is 6.08 Å². The molecule has 0 N–H and O–H groups in total. The average molecular weight is 507 g/mol. The lowest BCUT2D eigenvalue weighted by molar-refractivity contribution is 0.0680. The number of hydrogen-bond donors (Lipinski definition) is 0. The van der Waals surface area contributed by atoms with Gasteiger partial charge in [-0.2, -0.15) is 5.10 Å². The number of rotatable bonds is 3. The van der Waals surface area contributed by atoms with Gasteiger partial charge in [0.25, 0.3) is 5.91 Å². The van der Waals surface area contributed by atoms with Crippen molar-refractivity contribution in [3.05, 3.63) is 111 Å². The van der Waals surface area contributed by atoms with Crippen LogP contribution in [0.3, 0.4) is 0 Å². The van der Waals surface area contributed by atoms with Crippen LogP contribution in [-0.2, 0) is 0 Å². The SMILES string of the molecule is O=C(c1cccc(Br)c1)N1N=C2/C(=C/c3ccc(F)cc3)CCCC2C1c1ccc(F)cc1. The second-order valence-corrected chi connectivity index (χ2v) is 9.28. The highest BCUT2D eigenvalue weighted by atomic mass is 79.9. The van der Waals surface area contributed by atoms with E-state index in [2.05, 4.69) is 15.9 Å². The van der Waals surface area contributed by atoms with E-state index < -0.39 is 0 Å².